The molecule has 0 N–H and O–H groups in total. The van der Waals surface area contributed by atoms with E-state index in [4.69, 9.17) is 21.1 Å². The van der Waals surface area contributed by atoms with Gasteiger partial charge in [0.05, 0.1) is 30.3 Å². The lowest BCUT2D eigenvalue weighted by Gasteiger charge is -2.18. The van der Waals surface area contributed by atoms with Crippen molar-refractivity contribution in [2.24, 2.45) is 5.10 Å². The summed E-state index contributed by atoms with van der Waals surface area (Å²) in [5.74, 6) is 1.49. The molecule has 170 valence electrons. The van der Waals surface area contributed by atoms with Gasteiger partial charge in [0.15, 0.2) is 11.5 Å². The van der Waals surface area contributed by atoms with Gasteiger partial charge in [-0.05, 0) is 53.5 Å². The van der Waals surface area contributed by atoms with Gasteiger partial charge in [-0.3, -0.25) is 4.79 Å². The van der Waals surface area contributed by atoms with Crippen LogP contribution in [0.2, 0.25) is 5.02 Å². The number of fused-ring (bicyclic) bond motifs is 1. The normalized spacial score (nSPS) is 12.7. The van der Waals surface area contributed by atoms with Gasteiger partial charge in [0.2, 0.25) is 0 Å². The topological polar surface area (TPSA) is 65.7 Å². The number of halogens is 3. The minimum atomic E-state index is -0.248. The van der Waals surface area contributed by atoms with Crippen molar-refractivity contribution in [3.8, 4) is 11.5 Å². The van der Waals surface area contributed by atoms with Crippen molar-refractivity contribution in [1.29, 1.82) is 0 Å². The third-order valence-electron chi connectivity index (χ3n) is 4.93. The fraction of sp³-hybridized carbons (Fsp3) is 0.348. The molecule has 0 fully saturated rings. The third kappa shape index (κ3) is 5.02. The summed E-state index contributed by atoms with van der Waals surface area (Å²) in [6.07, 6.45) is 2.36. The van der Waals surface area contributed by atoms with Crippen LogP contribution >= 0.6 is 43.5 Å². The Kier molecular flexibility index (Phi) is 8.01. The van der Waals surface area contributed by atoms with E-state index in [0.717, 1.165) is 10.9 Å². The molecule has 0 unspecified atom stereocenters. The first-order chi connectivity index (χ1) is 15.2. The Morgan fingerprint density at radius 3 is 2.59 bits per heavy atom. The molecule has 0 bridgehead atoms. The maximum atomic E-state index is 13.2. The number of ether oxygens (including phenoxy) is 2. The molecular formula is C23H24Br2ClN3O3. The number of methoxy groups -OCH3 is 1. The number of hydrogen-bond donors (Lipinski definition) is 0. The lowest BCUT2D eigenvalue weighted by molar-refractivity contribution is 0.207. The van der Waals surface area contributed by atoms with Crippen molar-refractivity contribution in [2.75, 3.05) is 7.11 Å². The first kappa shape index (κ1) is 24.7. The lowest BCUT2D eigenvalue weighted by Crippen LogP contribution is -2.23. The zero-order valence-electron chi connectivity index (χ0n) is 18.4. The lowest BCUT2D eigenvalue weighted by atomic mass is 10.2. The first-order valence-corrected chi connectivity index (χ1v) is 12.1. The molecule has 1 heterocycles. The summed E-state index contributed by atoms with van der Waals surface area (Å²) in [4.78, 5) is 17.9. The van der Waals surface area contributed by atoms with E-state index in [1.807, 2.05) is 39.8 Å². The molecule has 2 aromatic carbocycles. The van der Waals surface area contributed by atoms with Crippen LogP contribution in [0.25, 0.3) is 10.9 Å². The number of benzene rings is 2. The van der Waals surface area contributed by atoms with Crippen LogP contribution < -0.4 is 15.0 Å². The van der Waals surface area contributed by atoms with Gasteiger partial charge in [-0.25, -0.2) is 4.98 Å². The molecule has 0 spiro atoms. The summed E-state index contributed by atoms with van der Waals surface area (Å²) >= 11 is 13.5. The van der Waals surface area contributed by atoms with Gasteiger partial charge in [0.1, 0.15) is 10.8 Å². The summed E-state index contributed by atoms with van der Waals surface area (Å²) in [7, 11) is 1.55. The Bertz CT molecular complexity index is 1240. The summed E-state index contributed by atoms with van der Waals surface area (Å²) in [6, 6.07) is 7.19. The van der Waals surface area contributed by atoms with Crippen LogP contribution in [-0.4, -0.2) is 29.1 Å². The Labute approximate surface area is 208 Å². The van der Waals surface area contributed by atoms with E-state index in [1.54, 1.807) is 25.5 Å². The minimum absolute atomic E-state index is 0.0132. The van der Waals surface area contributed by atoms with E-state index in [2.05, 4.69) is 41.9 Å². The quantitative estimate of drug-likeness (QED) is 0.287. The van der Waals surface area contributed by atoms with Crippen molar-refractivity contribution < 1.29 is 9.47 Å². The van der Waals surface area contributed by atoms with Gasteiger partial charge >= 0.3 is 0 Å². The fourth-order valence-corrected chi connectivity index (χ4v) is 4.02. The van der Waals surface area contributed by atoms with E-state index in [0.29, 0.717) is 43.3 Å². The second-order valence-corrected chi connectivity index (χ2v) is 9.70. The van der Waals surface area contributed by atoms with Crippen LogP contribution in [0.3, 0.4) is 0 Å². The third-order valence-corrected chi connectivity index (χ3v) is 6.87. The van der Waals surface area contributed by atoms with E-state index in [9.17, 15) is 4.79 Å². The monoisotopic (exact) mass is 583 g/mol. The van der Waals surface area contributed by atoms with E-state index >= 15 is 0 Å². The Morgan fingerprint density at radius 1 is 1.25 bits per heavy atom. The maximum absolute atomic E-state index is 13.2. The van der Waals surface area contributed by atoms with E-state index in [-0.39, 0.29) is 17.6 Å². The SMILES string of the molecule is CC[C@H](C)Oc1c(OC)cc(C=Nn2c(C(C)C)nc3ccc(Br)cc3c2=O)c(Br)c1Cl. The molecule has 9 heteroatoms. The van der Waals surface area contributed by atoms with Gasteiger partial charge in [0, 0.05) is 20.4 Å². The fourth-order valence-electron chi connectivity index (χ4n) is 3.02. The average Bonchev–Trinajstić information content (AvgIpc) is 2.77. The molecule has 0 saturated heterocycles. The van der Waals surface area contributed by atoms with Gasteiger partial charge in [-0.15, -0.1) is 0 Å². The van der Waals surface area contributed by atoms with Crippen LogP contribution in [0.15, 0.2) is 43.1 Å². The highest BCUT2D eigenvalue weighted by Gasteiger charge is 2.19. The zero-order chi connectivity index (χ0) is 23.6. The predicted octanol–water partition coefficient (Wildman–Crippen LogP) is 6.77. The first-order valence-electron chi connectivity index (χ1n) is 10.2. The van der Waals surface area contributed by atoms with E-state index in [1.165, 1.54) is 4.68 Å². The standard InChI is InChI=1S/C23H24Br2ClN3O3/c1-6-13(4)32-21-18(31-5)9-14(19(25)20(21)26)11-27-29-22(12(2)3)28-17-8-7-15(24)10-16(17)23(29)30/h7-13H,6H2,1-5H3/t13-/m0/s1. The van der Waals surface area contributed by atoms with Gasteiger partial charge in [0.25, 0.3) is 5.56 Å². The molecule has 0 amide bonds. The van der Waals surface area contributed by atoms with Gasteiger partial charge in [-0.1, -0.05) is 48.3 Å². The summed E-state index contributed by atoms with van der Waals surface area (Å²) < 4.78 is 14.2. The van der Waals surface area contributed by atoms with Gasteiger partial charge < -0.3 is 9.47 Å². The van der Waals surface area contributed by atoms with Crippen LogP contribution in [0, 0.1) is 0 Å². The van der Waals surface area contributed by atoms with Crippen molar-refractivity contribution >= 4 is 60.6 Å². The molecule has 0 saturated carbocycles. The smallest absolute Gasteiger partial charge is 0.282 e. The Morgan fingerprint density at radius 2 is 1.97 bits per heavy atom. The maximum Gasteiger partial charge on any atom is 0.282 e. The molecule has 3 rings (SSSR count). The molecule has 0 aliphatic carbocycles. The molecule has 0 radical (unpaired) electrons. The van der Waals surface area contributed by atoms with Gasteiger partial charge in [-0.2, -0.15) is 9.78 Å². The Balaban J connectivity index is 2.15. The van der Waals surface area contributed by atoms with E-state index < -0.39 is 0 Å². The van der Waals surface area contributed by atoms with Crippen molar-refractivity contribution in [1.82, 2.24) is 9.66 Å². The number of rotatable bonds is 7. The number of hydrogen-bond acceptors (Lipinski definition) is 5. The van der Waals surface area contributed by atoms with Crippen LogP contribution in [-0.2, 0) is 0 Å². The van der Waals surface area contributed by atoms with Crippen LogP contribution in [0.1, 0.15) is 51.4 Å². The molecule has 1 aromatic heterocycles. The predicted molar refractivity (Wildman–Crippen MR) is 137 cm³/mol. The van der Waals surface area contributed by atoms with Crippen LogP contribution in [0.4, 0.5) is 0 Å². The molecule has 0 aliphatic rings. The highest BCUT2D eigenvalue weighted by Crippen LogP contribution is 2.42. The highest BCUT2D eigenvalue weighted by atomic mass is 79.9. The second kappa shape index (κ2) is 10.4. The summed E-state index contributed by atoms with van der Waals surface area (Å²) in [5, 5.41) is 5.33. The average molecular weight is 586 g/mol. The molecule has 1 atom stereocenters. The summed E-state index contributed by atoms with van der Waals surface area (Å²) in [5.41, 5.74) is 1.02. The molecule has 32 heavy (non-hydrogen) atoms. The molecule has 0 aliphatic heterocycles. The highest BCUT2D eigenvalue weighted by molar-refractivity contribution is 9.10. The van der Waals surface area contributed by atoms with Crippen molar-refractivity contribution in [3.63, 3.8) is 0 Å². The summed E-state index contributed by atoms with van der Waals surface area (Å²) in [6.45, 7) is 7.93. The minimum Gasteiger partial charge on any atom is -0.493 e. The molecule has 3 aromatic rings. The van der Waals surface area contributed by atoms with Crippen LogP contribution in [0.5, 0.6) is 11.5 Å². The number of aromatic nitrogens is 2. The zero-order valence-corrected chi connectivity index (χ0v) is 22.4. The molecule has 6 nitrogen and oxygen atoms in total. The second-order valence-electron chi connectivity index (χ2n) is 7.61. The van der Waals surface area contributed by atoms with Crippen molar-refractivity contribution in [2.45, 2.75) is 46.1 Å². The largest absolute Gasteiger partial charge is 0.493 e. The molecular weight excluding hydrogens is 562 g/mol. The van der Waals surface area contributed by atoms with Crippen molar-refractivity contribution in [3.05, 3.63) is 60.0 Å². The number of nitrogens with zero attached hydrogens (tertiary/aromatic N) is 3. The Hall–Kier alpha value is -1.90.